The fourth-order valence-corrected chi connectivity index (χ4v) is 4.63. The van der Waals surface area contributed by atoms with E-state index in [0.717, 1.165) is 24.2 Å². The number of ether oxygens (including phenoxy) is 2. The topological polar surface area (TPSA) is 57.5 Å². The van der Waals surface area contributed by atoms with Crippen molar-refractivity contribution in [2.75, 3.05) is 20.3 Å². The second kappa shape index (κ2) is 8.18. The van der Waals surface area contributed by atoms with Gasteiger partial charge < -0.3 is 14.0 Å². The zero-order valence-corrected chi connectivity index (χ0v) is 16.4. The molecule has 26 heavy (non-hydrogen) atoms. The lowest BCUT2D eigenvalue weighted by Crippen LogP contribution is -2.15. The number of thiophene rings is 1. The summed E-state index contributed by atoms with van der Waals surface area (Å²) in [7, 11) is 1.65. The summed E-state index contributed by atoms with van der Waals surface area (Å²) in [5, 5.41) is 0. The van der Waals surface area contributed by atoms with Crippen LogP contribution in [0.2, 0.25) is 0 Å². The van der Waals surface area contributed by atoms with Crippen LogP contribution >= 0.6 is 11.3 Å². The van der Waals surface area contributed by atoms with Crippen LogP contribution in [0.25, 0.3) is 0 Å². The Labute approximate surface area is 157 Å². The molecule has 0 fully saturated rings. The fourth-order valence-electron chi connectivity index (χ4n) is 3.48. The van der Waals surface area contributed by atoms with Crippen molar-refractivity contribution in [3.8, 4) is 0 Å². The quantitative estimate of drug-likeness (QED) is 0.546. The van der Waals surface area contributed by atoms with E-state index in [2.05, 4.69) is 0 Å². The summed E-state index contributed by atoms with van der Waals surface area (Å²) in [6.45, 7) is 4.92. The largest absolute Gasteiger partial charge is 0.453 e. The van der Waals surface area contributed by atoms with E-state index < -0.39 is 5.97 Å². The number of aryl methyl sites for hydroxylation is 3. The summed E-state index contributed by atoms with van der Waals surface area (Å²) >= 11 is 1.51. The number of methoxy groups -OCH3 is 1. The number of esters is 1. The van der Waals surface area contributed by atoms with Crippen molar-refractivity contribution in [2.45, 2.75) is 46.1 Å². The van der Waals surface area contributed by atoms with Crippen LogP contribution in [0.15, 0.2) is 12.1 Å². The average molecular weight is 375 g/mol. The lowest BCUT2D eigenvalue weighted by Gasteiger charge is -2.08. The van der Waals surface area contributed by atoms with Crippen LogP contribution in [-0.4, -0.2) is 36.6 Å². The van der Waals surface area contributed by atoms with Gasteiger partial charge in [-0.3, -0.25) is 4.79 Å². The molecule has 6 heteroatoms. The molecule has 0 saturated heterocycles. The maximum atomic E-state index is 12.5. The first kappa shape index (κ1) is 18.9. The van der Waals surface area contributed by atoms with Crippen LogP contribution in [0.3, 0.4) is 0 Å². The molecule has 0 unspecified atom stereocenters. The second-order valence-electron chi connectivity index (χ2n) is 6.69. The predicted molar refractivity (Wildman–Crippen MR) is 101 cm³/mol. The van der Waals surface area contributed by atoms with E-state index >= 15 is 0 Å². The first-order valence-electron chi connectivity index (χ1n) is 8.99. The number of rotatable bonds is 7. The number of Topliss-reactive ketones (excluding diaryl/α,β-unsaturated/α-hetero) is 1. The molecule has 2 aromatic rings. The Balaban J connectivity index is 1.63. The molecule has 0 spiro atoms. The smallest absolute Gasteiger partial charge is 0.348 e. The Bertz CT molecular complexity index is 795. The highest BCUT2D eigenvalue weighted by Crippen LogP contribution is 2.30. The lowest BCUT2D eigenvalue weighted by atomic mass is 9.99. The van der Waals surface area contributed by atoms with Gasteiger partial charge in [0.05, 0.1) is 6.61 Å². The van der Waals surface area contributed by atoms with Crippen LogP contribution in [-0.2, 0) is 28.9 Å². The summed E-state index contributed by atoms with van der Waals surface area (Å²) in [5.41, 5.74) is 3.76. The highest BCUT2D eigenvalue weighted by atomic mass is 32.1. The average Bonchev–Trinajstić information content (AvgIpc) is 3.19. The Kier molecular flexibility index (Phi) is 5.94. The van der Waals surface area contributed by atoms with Gasteiger partial charge in [-0.1, -0.05) is 0 Å². The van der Waals surface area contributed by atoms with Gasteiger partial charge >= 0.3 is 5.97 Å². The summed E-state index contributed by atoms with van der Waals surface area (Å²) in [5.74, 6) is -0.567. The van der Waals surface area contributed by atoms with Gasteiger partial charge in [0.25, 0.3) is 0 Å². The zero-order chi connectivity index (χ0) is 18.7. The van der Waals surface area contributed by atoms with E-state index in [9.17, 15) is 9.59 Å². The fraction of sp³-hybridized carbons (Fsp3) is 0.500. The van der Waals surface area contributed by atoms with Gasteiger partial charge in [-0.25, -0.2) is 4.79 Å². The molecule has 2 heterocycles. The van der Waals surface area contributed by atoms with E-state index in [1.807, 2.05) is 30.5 Å². The van der Waals surface area contributed by atoms with E-state index in [1.165, 1.54) is 34.6 Å². The van der Waals surface area contributed by atoms with Gasteiger partial charge in [0.2, 0.25) is 5.78 Å². The van der Waals surface area contributed by atoms with Crippen LogP contribution in [0.5, 0.6) is 0 Å². The van der Waals surface area contributed by atoms with Crippen molar-refractivity contribution in [1.82, 2.24) is 4.57 Å². The normalized spacial score (nSPS) is 13.5. The maximum absolute atomic E-state index is 12.5. The third kappa shape index (κ3) is 3.91. The van der Waals surface area contributed by atoms with Crippen molar-refractivity contribution in [3.63, 3.8) is 0 Å². The highest BCUT2D eigenvalue weighted by Gasteiger charge is 2.21. The number of aromatic nitrogens is 1. The van der Waals surface area contributed by atoms with Gasteiger partial charge in [-0.05, 0) is 57.2 Å². The van der Waals surface area contributed by atoms with Crippen molar-refractivity contribution >= 4 is 23.1 Å². The van der Waals surface area contributed by atoms with E-state index in [1.54, 1.807) is 7.11 Å². The molecule has 0 atom stereocenters. The molecule has 3 rings (SSSR count). The molecular formula is C20H25NO4S. The van der Waals surface area contributed by atoms with Crippen molar-refractivity contribution in [3.05, 3.63) is 44.4 Å². The molecule has 0 radical (unpaired) electrons. The number of hydrogen-bond acceptors (Lipinski definition) is 5. The Morgan fingerprint density at radius 1 is 1.19 bits per heavy atom. The molecule has 5 nitrogen and oxygen atoms in total. The molecule has 1 aliphatic rings. The molecular weight excluding hydrogens is 350 g/mol. The summed E-state index contributed by atoms with van der Waals surface area (Å²) in [6, 6.07) is 3.79. The minimum absolute atomic E-state index is 0.170. The first-order valence-corrected chi connectivity index (χ1v) is 9.80. The van der Waals surface area contributed by atoms with Gasteiger partial charge in [0, 0.05) is 35.5 Å². The third-order valence-corrected chi connectivity index (χ3v) is 6.14. The summed E-state index contributed by atoms with van der Waals surface area (Å²) < 4.78 is 12.5. The monoisotopic (exact) mass is 375 g/mol. The van der Waals surface area contributed by atoms with Gasteiger partial charge in [-0.2, -0.15) is 0 Å². The van der Waals surface area contributed by atoms with E-state index in [4.69, 9.17) is 9.47 Å². The highest BCUT2D eigenvalue weighted by molar-refractivity contribution is 7.14. The van der Waals surface area contributed by atoms with Crippen LogP contribution in [0.1, 0.15) is 54.7 Å². The second-order valence-corrected chi connectivity index (χ2v) is 7.83. The minimum Gasteiger partial charge on any atom is -0.453 e. The number of ketones is 1. The summed E-state index contributed by atoms with van der Waals surface area (Å²) in [4.78, 5) is 26.7. The molecule has 0 N–H and O–H groups in total. The molecule has 2 aromatic heterocycles. The number of carbonyl (C=O) groups is 2. The number of fused-ring (bicyclic) bond motifs is 1. The molecule has 1 aliphatic carbocycles. The number of carbonyl (C=O) groups excluding carboxylic acids is 2. The number of hydrogen-bond donors (Lipinski definition) is 0. The zero-order valence-electron chi connectivity index (χ0n) is 15.6. The van der Waals surface area contributed by atoms with Crippen LogP contribution in [0.4, 0.5) is 0 Å². The Morgan fingerprint density at radius 2 is 1.96 bits per heavy atom. The summed E-state index contributed by atoms with van der Waals surface area (Å²) in [6.07, 6.45) is 4.43. The van der Waals surface area contributed by atoms with Gasteiger partial charge in [-0.15, -0.1) is 11.3 Å². The van der Waals surface area contributed by atoms with Crippen LogP contribution < -0.4 is 0 Å². The first-order chi connectivity index (χ1) is 12.5. The van der Waals surface area contributed by atoms with Gasteiger partial charge in [0.15, 0.2) is 6.61 Å². The third-order valence-electron chi connectivity index (χ3n) is 4.93. The van der Waals surface area contributed by atoms with Crippen LogP contribution in [0, 0.1) is 13.8 Å². The van der Waals surface area contributed by atoms with Crippen molar-refractivity contribution in [2.24, 2.45) is 0 Å². The Morgan fingerprint density at radius 3 is 2.69 bits per heavy atom. The molecule has 140 valence electrons. The van der Waals surface area contributed by atoms with Crippen molar-refractivity contribution < 1.29 is 19.1 Å². The minimum atomic E-state index is -0.397. The molecule has 0 aliphatic heterocycles. The number of nitrogens with zero attached hydrogens (tertiary/aromatic N) is 1. The van der Waals surface area contributed by atoms with Gasteiger partial charge in [0.1, 0.15) is 4.88 Å². The molecule has 0 aromatic carbocycles. The van der Waals surface area contributed by atoms with E-state index in [0.29, 0.717) is 23.6 Å². The maximum Gasteiger partial charge on any atom is 0.348 e. The Hall–Kier alpha value is -1.92. The van der Waals surface area contributed by atoms with Crippen molar-refractivity contribution in [1.29, 1.82) is 0 Å². The standard InChI is InChI=1S/C20H25NO4S/c1-13-10-16(14(2)21(13)8-9-24-3)17(22)12-25-20(23)19-11-15-6-4-5-7-18(15)26-19/h10-11H,4-9,12H2,1-3H3. The molecule has 0 amide bonds. The SMILES string of the molecule is COCCn1c(C)cc(C(=O)COC(=O)c2cc3c(s2)CCCC3)c1C. The molecule has 0 bridgehead atoms. The lowest BCUT2D eigenvalue weighted by molar-refractivity contribution is 0.0479. The van der Waals surface area contributed by atoms with E-state index in [-0.39, 0.29) is 12.4 Å². The predicted octanol–water partition coefficient (Wildman–Crippen LogP) is 3.73. The molecule has 0 saturated carbocycles.